The molecule has 4 rings (SSSR count). The summed E-state index contributed by atoms with van der Waals surface area (Å²) in [5.74, 6) is -1.22. The molecule has 0 radical (unpaired) electrons. The van der Waals surface area contributed by atoms with Crippen LogP contribution >= 0.6 is 0 Å². The molecule has 1 aliphatic heterocycles. The van der Waals surface area contributed by atoms with Gasteiger partial charge in [-0.2, -0.15) is 0 Å². The lowest BCUT2D eigenvalue weighted by Gasteiger charge is -2.23. The first kappa shape index (κ1) is 22.8. The Balaban J connectivity index is 1.31. The summed E-state index contributed by atoms with van der Waals surface area (Å²) < 4.78 is 5.55. The Hall–Kier alpha value is -3.35. The first-order valence-corrected chi connectivity index (χ1v) is 11.3. The maximum atomic E-state index is 12.7. The summed E-state index contributed by atoms with van der Waals surface area (Å²) in [6.45, 7) is 6.06. The molecular weight excluding hydrogens is 420 g/mol. The molecule has 33 heavy (non-hydrogen) atoms. The van der Waals surface area contributed by atoms with Gasteiger partial charge in [0.1, 0.15) is 6.61 Å². The summed E-state index contributed by atoms with van der Waals surface area (Å²) in [4.78, 5) is 38.3. The number of aliphatic carboxylic acids is 1. The SMILES string of the molecule is C[C@@H](CC(=O)N1C[C@H](C)[C@@](C)(C(=O)O)C1)NC(=O)OCC1c2ccccc2-c2ccccc21. The van der Waals surface area contributed by atoms with Crippen LogP contribution in [0.3, 0.4) is 0 Å². The quantitative estimate of drug-likeness (QED) is 0.697. The molecule has 0 unspecified atom stereocenters. The first-order valence-electron chi connectivity index (χ1n) is 11.3. The standard InChI is InChI=1S/C26H30N2O5/c1-16-13-28(15-26(16,3)24(30)31)23(29)12-17(2)27-25(32)33-14-22-20-10-6-4-8-18(20)19-9-5-7-11-21(19)22/h4-11,16-17,22H,12-15H2,1-3H3,(H,27,32)(H,30,31)/t16-,17-,26-/m0/s1. The zero-order chi connectivity index (χ0) is 23.8. The highest BCUT2D eigenvalue weighted by Crippen LogP contribution is 2.44. The van der Waals surface area contributed by atoms with Crippen molar-refractivity contribution in [2.75, 3.05) is 19.7 Å². The maximum absolute atomic E-state index is 12.7. The third-order valence-electron chi connectivity index (χ3n) is 7.13. The Morgan fingerprint density at radius 1 is 1.12 bits per heavy atom. The van der Waals surface area contributed by atoms with Gasteiger partial charge in [0, 0.05) is 31.5 Å². The molecule has 0 saturated carbocycles. The van der Waals surface area contributed by atoms with Gasteiger partial charge in [0.25, 0.3) is 0 Å². The van der Waals surface area contributed by atoms with Crippen LogP contribution in [0.25, 0.3) is 11.1 Å². The number of likely N-dealkylation sites (tertiary alicyclic amines) is 1. The lowest BCUT2D eigenvalue weighted by atomic mass is 9.81. The summed E-state index contributed by atoms with van der Waals surface area (Å²) in [7, 11) is 0. The van der Waals surface area contributed by atoms with Crippen molar-refractivity contribution in [3.05, 3.63) is 59.7 Å². The number of hydrogen-bond acceptors (Lipinski definition) is 4. The molecule has 2 aromatic rings. The monoisotopic (exact) mass is 450 g/mol. The van der Waals surface area contributed by atoms with Crippen molar-refractivity contribution in [2.45, 2.75) is 39.2 Å². The second-order valence-corrected chi connectivity index (χ2v) is 9.47. The van der Waals surface area contributed by atoms with Crippen molar-refractivity contribution >= 4 is 18.0 Å². The molecule has 2 amide bonds. The van der Waals surface area contributed by atoms with Gasteiger partial charge in [-0.3, -0.25) is 9.59 Å². The molecule has 174 valence electrons. The molecule has 2 N–H and O–H groups in total. The van der Waals surface area contributed by atoms with E-state index in [1.54, 1.807) is 18.7 Å². The number of nitrogens with zero attached hydrogens (tertiary/aromatic N) is 1. The van der Waals surface area contributed by atoms with Gasteiger partial charge in [-0.05, 0) is 42.0 Å². The van der Waals surface area contributed by atoms with Crippen LogP contribution in [-0.2, 0) is 14.3 Å². The van der Waals surface area contributed by atoms with Crippen LogP contribution in [-0.4, -0.2) is 53.7 Å². The number of carbonyl (C=O) groups is 3. The minimum atomic E-state index is -0.945. The van der Waals surface area contributed by atoms with Crippen LogP contribution in [0.1, 0.15) is 44.2 Å². The van der Waals surface area contributed by atoms with Crippen LogP contribution in [0.4, 0.5) is 4.79 Å². The van der Waals surface area contributed by atoms with Gasteiger partial charge in [-0.25, -0.2) is 4.79 Å². The molecule has 0 bridgehead atoms. The topological polar surface area (TPSA) is 95.9 Å². The average Bonchev–Trinajstić information content (AvgIpc) is 3.27. The molecule has 1 fully saturated rings. The van der Waals surface area contributed by atoms with E-state index >= 15 is 0 Å². The lowest BCUT2D eigenvalue weighted by molar-refractivity contribution is -0.149. The maximum Gasteiger partial charge on any atom is 0.407 e. The van der Waals surface area contributed by atoms with E-state index in [1.165, 1.54) is 0 Å². The number of alkyl carbamates (subject to hydrolysis) is 1. The number of benzene rings is 2. The third-order valence-corrected chi connectivity index (χ3v) is 7.13. The zero-order valence-electron chi connectivity index (χ0n) is 19.2. The summed E-state index contributed by atoms with van der Waals surface area (Å²) >= 11 is 0. The summed E-state index contributed by atoms with van der Waals surface area (Å²) in [5.41, 5.74) is 3.65. The fraction of sp³-hybridized carbons (Fsp3) is 0.423. The number of rotatable bonds is 6. The molecule has 1 heterocycles. The minimum absolute atomic E-state index is 0.0279. The number of carboxylic acid groups (broad SMARTS) is 1. The molecule has 2 aliphatic rings. The fourth-order valence-corrected chi connectivity index (χ4v) is 4.90. The highest BCUT2D eigenvalue weighted by atomic mass is 16.5. The lowest BCUT2D eigenvalue weighted by Crippen LogP contribution is -2.40. The van der Waals surface area contributed by atoms with E-state index < -0.39 is 23.5 Å². The predicted octanol–water partition coefficient (Wildman–Crippen LogP) is 3.87. The molecule has 1 saturated heterocycles. The molecule has 3 atom stereocenters. The number of fused-ring (bicyclic) bond motifs is 3. The molecular formula is C26H30N2O5. The normalized spacial score (nSPS) is 22.4. The van der Waals surface area contributed by atoms with E-state index in [2.05, 4.69) is 29.6 Å². The first-order chi connectivity index (χ1) is 15.7. The van der Waals surface area contributed by atoms with Crippen molar-refractivity contribution in [1.82, 2.24) is 10.2 Å². The average molecular weight is 451 g/mol. The number of ether oxygens (including phenoxy) is 1. The number of carbonyl (C=O) groups excluding carboxylic acids is 2. The molecule has 0 spiro atoms. The Morgan fingerprint density at radius 2 is 1.70 bits per heavy atom. The van der Waals surface area contributed by atoms with Gasteiger partial charge in [0.15, 0.2) is 0 Å². The Labute approximate surface area is 193 Å². The smallest absolute Gasteiger partial charge is 0.407 e. The van der Waals surface area contributed by atoms with Crippen molar-refractivity contribution in [2.24, 2.45) is 11.3 Å². The van der Waals surface area contributed by atoms with Crippen molar-refractivity contribution < 1.29 is 24.2 Å². The largest absolute Gasteiger partial charge is 0.481 e. The van der Waals surface area contributed by atoms with E-state index in [-0.39, 0.29) is 37.3 Å². The van der Waals surface area contributed by atoms with E-state index in [0.717, 1.165) is 22.3 Å². The molecule has 0 aromatic heterocycles. The van der Waals surface area contributed by atoms with E-state index in [1.807, 2.05) is 31.2 Å². The number of amides is 2. The van der Waals surface area contributed by atoms with Crippen LogP contribution in [0.5, 0.6) is 0 Å². The third kappa shape index (κ3) is 4.32. The zero-order valence-corrected chi connectivity index (χ0v) is 19.2. The summed E-state index contributed by atoms with van der Waals surface area (Å²) in [5, 5.41) is 12.2. The molecule has 7 nitrogen and oxygen atoms in total. The Bertz CT molecular complexity index is 1040. The minimum Gasteiger partial charge on any atom is -0.481 e. The molecule has 7 heteroatoms. The van der Waals surface area contributed by atoms with Crippen LogP contribution in [0.15, 0.2) is 48.5 Å². The van der Waals surface area contributed by atoms with E-state index in [0.29, 0.717) is 6.54 Å². The van der Waals surface area contributed by atoms with Crippen molar-refractivity contribution in [3.63, 3.8) is 0 Å². The molecule has 2 aromatic carbocycles. The highest BCUT2D eigenvalue weighted by molar-refractivity contribution is 5.82. The summed E-state index contributed by atoms with van der Waals surface area (Å²) in [6.07, 6.45) is -0.477. The van der Waals surface area contributed by atoms with E-state index in [4.69, 9.17) is 4.74 Å². The number of nitrogens with one attached hydrogen (secondary N) is 1. The van der Waals surface area contributed by atoms with Crippen LogP contribution in [0, 0.1) is 11.3 Å². The van der Waals surface area contributed by atoms with Crippen molar-refractivity contribution in [1.29, 1.82) is 0 Å². The fourth-order valence-electron chi connectivity index (χ4n) is 4.90. The Kier molecular flexibility index (Phi) is 6.15. The van der Waals surface area contributed by atoms with Gasteiger partial charge in [0.05, 0.1) is 5.41 Å². The second-order valence-electron chi connectivity index (χ2n) is 9.47. The number of hydrogen-bond donors (Lipinski definition) is 2. The van der Waals surface area contributed by atoms with Gasteiger partial charge in [-0.15, -0.1) is 0 Å². The van der Waals surface area contributed by atoms with Crippen LogP contribution in [0.2, 0.25) is 0 Å². The van der Waals surface area contributed by atoms with Crippen molar-refractivity contribution in [3.8, 4) is 11.1 Å². The van der Waals surface area contributed by atoms with Gasteiger partial charge in [0.2, 0.25) is 5.91 Å². The molecule has 1 aliphatic carbocycles. The van der Waals surface area contributed by atoms with E-state index in [9.17, 15) is 19.5 Å². The Morgan fingerprint density at radius 3 is 2.24 bits per heavy atom. The van der Waals surface area contributed by atoms with Crippen LogP contribution < -0.4 is 5.32 Å². The van der Waals surface area contributed by atoms with Gasteiger partial charge < -0.3 is 20.1 Å². The van der Waals surface area contributed by atoms with Gasteiger partial charge in [-0.1, -0.05) is 55.5 Å². The highest BCUT2D eigenvalue weighted by Gasteiger charge is 2.47. The number of carboxylic acids is 1. The second kappa shape index (κ2) is 8.89. The predicted molar refractivity (Wildman–Crippen MR) is 124 cm³/mol. The summed E-state index contributed by atoms with van der Waals surface area (Å²) in [6, 6.07) is 15.8. The van der Waals surface area contributed by atoms with Gasteiger partial charge >= 0.3 is 12.1 Å².